The number of amides is 1. The fourth-order valence-electron chi connectivity index (χ4n) is 2.23. The Bertz CT molecular complexity index is 579. The van der Waals surface area contributed by atoms with E-state index in [4.69, 9.17) is 0 Å². The Kier molecular flexibility index (Phi) is 2.59. The third kappa shape index (κ3) is 1.82. The van der Waals surface area contributed by atoms with Crippen LogP contribution in [0, 0.1) is 0 Å². The molecule has 1 fully saturated rings. The minimum absolute atomic E-state index is 0.170. The summed E-state index contributed by atoms with van der Waals surface area (Å²) >= 11 is 3.50. The van der Waals surface area contributed by atoms with Crippen LogP contribution in [0.1, 0.15) is 6.42 Å². The van der Waals surface area contributed by atoms with E-state index in [9.17, 15) is 4.79 Å². The van der Waals surface area contributed by atoms with Crippen LogP contribution in [0.4, 0.5) is 5.69 Å². The second-order valence-corrected chi connectivity index (χ2v) is 5.47. The molecule has 1 unspecified atom stereocenters. The number of alkyl halides is 1. The maximum absolute atomic E-state index is 11.9. The molecule has 1 amide bonds. The van der Waals surface area contributed by atoms with Crippen LogP contribution in [0.5, 0.6) is 0 Å². The van der Waals surface area contributed by atoms with Gasteiger partial charge in [-0.15, -0.1) is 0 Å². The van der Waals surface area contributed by atoms with Crippen molar-refractivity contribution in [3.8, 4) is 0 Å². The highest BCUT2D eigenvalue weighted by Crippen LogP contribution is 2.30. The Morgan fingerprint density at radius 3 is 3.00 bits per heavy atom. The van der Waals surface area contributed by atoms with Gasteiger partial charge in [-0.3, -0.25) is 9.78 Å². The lowest BCUT2D eigenvalue weighted by molar-refractivity contribution is -0.117. The number of carbonyl (C=O) groups excluding carboxylic acids is 1. The molecule has 86 valence electrons. The molecule has 3 nitrogen and oxygen atoms in total. The Hall–Kier alpha value is -1.42. The van der Waals surface area contributed by atoms with Gasteiger partial charge in [0.25, 0.3) is 0 Å². The summed E-state index contributed by atoms with van der Waals surface area (Å²) in [6.45, 7) is 0.729. The molecule has 1 aromatic carbocycles. The van der Waals surface area contributed by atoms with Gasteiger partial charge in [-0.05, 0) is 17.5 Å². The monoisotopic (exact) mass is 290 g/mol. The lowest BCUT2D eigenvalue weighted by Gasteiger charge is -2.17. The first-order chi connectivity index (χ1) is 8.25. The molecular formula is C13H11BrN2O. The Morgan fingerprint density at radius 1 is 1.35 bits per heavy atom. The number of anilines is 1. The minimum Gasteiger partial charge on any atom is -0.311 e. The minimum atomic E-state index is 0.170. The molecule has 0 bridgehead atoms. The van der Waals surface area contributed by atoms with Crippen molar-refractivity contribution >= 4 is 38.3 Å². The topological polar surface area (TPSA) is 33.2 Å². The lowest BCUT2D eigenvalue weighted by atomic mass is 10.1. The van der Waals surface area contributed by atoms with E-state index in [1.165, 1.54) is 0 Å². The van der Waals surface area contributed by atoms with E-state index in [0.717, 1.165) is 23.0 Å². The molecule has 1 saturated heterocycles. The summed E-state index contributed by atoms with van der Waals surface area (Å²) in [4.78, 5) is 18.1. The van der Waals surface area contributed by atoms with Gasteiger partial charge in [0.2, 0.25) is 5.91 Å². The first-order valence-corrected chi connectivity index (χ1v) is 6.44. The van der Waals surface area contributed by atoms with Gasteiger partial charge >= 0.3 is 0 Å². The van der Waals surface area contributed by atoms with Gasteiger partial charge in [0.15, 0.2) is 0 Å². The van der Waals surface area contributed by atoms with Crippen LogP contribution in [-0.2, 0) is 4.79 Å². The van der Waals surface area contributed by atoms with Gasteiger partial charge < -0.3 is 4.90 Å². The average molecular weight is 291 g/mol. The number of carbonyl (C=O) groups is 1. The van der Waals surface area contributed by atoms with Crippen LogP contribution in [0.25, 0.3) is 10.8 Å². The number of pyridine rings is 1. The van der Waals surface area contributed by atoms with Crippen LogP contribution in [0.3, 0.4) is 0 Å². The number of aromatic nitrogens is 1. The maximum atomic E-state index is 11.9. The van der Waals surface area contributed by atoms with Gasteiger partial charge in [0, 0.05) is 35.6 Å². The molecule has 1 aliphatic rings. The van der Waals surface area contributed by atoms with Crippen molar-refractivity contribution < 1.29 is 4.79 Å². The molecule has 0 spiro atoms. The molecule has 0 saturated carbocycles. The van der Waals surface area contributed by atoms with Crippen molar-refractivity contribution in [2.45, 2.75) is 11.2 Å². The summed E-state index contributed by atoms with van der Waals surface area (Å²) in [6.07, 6.45) is 4.15. The van der Waals surface area contributed by atoms with Crippen molar-refractivity contribution in [3.05, 3.63) is 36.7 Å². The third-order valence-corrected chi connectivity index (χ3v) is 3.64. The molecule has 0 aliphatic carbocycles. The van der Waals surface area contributed by atoms with Crippen molar-refractivity contribution in [1.82, 2.24) is 4.98 Å². The summed E-state index contributed by atoms with van der Waals surface area (Å²) in [5.74, 6) is 0.170. The summed E-state index contributed by atoms with van der Waals surface area (Å²) in [5, 5.41) is 2.15. The van der Waals surface area contributed by atoms with E-state index in [1.807, 2.05) is 35.4 Å². The highest BCUT2D eigenvalue weighted by molar-refractivity contribution is 9.09. The SMILES string of the molecule is O=C1CC(Br)CN1c1cccc2ccncc12. The molecule has 2 heterocycles. The number of hydrogen-bond donors (Lipinski definition) is 0. The standard InChI is InChI=1S/C13H11BrN2O/c14-10-6-13(17)16(8-10)12-3-1-2-9-4-5-15-7-11(9)12/h1-5,7,10H,6,8H2. The van der Waals surface area contributed by atoms with Crippen LogP contribution < -0.4 is 4.90 Å². The largest absolute Gasteiger partial charge is 0.311 e. The molecular weight excluding hydrogens is 280 g/mol. The molecule has 3 rings (SSSR count). The molecule has 1 aromatic heterocycles. The van der Waals surface area contributed by atoms with Crippen molar-refractivity contribution in [3.63, 3.8) is 0 Å². The summed E-state index contributed by atoms with van der Waals surface area (Å²) in [7, 11) is 0. The number of rotatable bonds is 1. The van der Waals surface area contributed by atoms with E-state index in [2.05, 4.69) is 20.9 Å². The van der Waals surface area contributed by atoms with Gasteiger partial charge in [-0.25, -0.2) is 0 Å². The Balaban J connectivity index is 2.14. The predicted molar refractivity (Wildman–Crippen MR) is 71.4 cm³/mol. The van der Waals surface area contributed by atoms with Gasteiger partial charge in [-0.1, -0.05) is 28.1 Å². The Labute approximate surface area is 108 Å². The second-order valence-electron chi connectivity index (χ2n) is 4.18. The number of halogens is 1. The smallest absolute Gasteiger partial charge is 0.228 e. The number of nitrogens with zero attached hydrogens (tertiary/aromatic N) is 2. The summed E-state index contributed by atoms with van der Waals surface area (Å²) in [5.41, 5.74) is 0.961. The molecule has 17 heavy (non-hydrogen) atoms. The molecule has 1 atom stereocenters. The maximum Gasteiger partial charge on any atom is 0.228 e. The first-order valence-electron chi connectivity index (χ1n) is 5.53. The van der Waals surface area contributed by atoms with Crippen molar-refractivity contribution in [1.29, 1.82) is 0 Å². The van der Waals surface area contributed by atoms with Crippen LogP contribution in [0.2, 0.25) is 0 Å². The number of benzene rings is 1. The Morgan fingerprint density at radius 2 is 2.24 bits per heavy atom. The predicted octanol–water partition coefficient (Wildman–Crippen LogP) is 2.74. The van der Waals surface area contributed by atoms with Crippen LogP contribution in [-0.4, -0.2) is 22.3 Å². The van der Waals surface area contributed by atoms with Gasteiger partial charge in [0.1, 0.15) is 0 Å². The number of hydrogen-bond acceptors (Lipinski definition) is 2. The van der Waals surface area contributed by atoms with Gasteiger partial charge in [0.05, 0.1) is 5.69 Å². The fraction of sp³-hybridized carbons (Fsp3) is 0.231. The fourth-order valence-corrected chi connectivity index (χ4v) is 2.80. The zero-order chi connectivity index (χ0) is 11.8. The van der Waals surface area contributed by atoms with Crippen molar-refractivity contribution in [2.24, 2.45) is 0 Å². The van der Waals surface area contributed by atoms with E-state index < -0.39 is 0 Å². The third-order valence-electron chi connectivity index (χ3n) is 3.03. The zero-order valence-electron chi connectivity index (χ0n) is 9.14. The molecule has 1 aliphatic heterocycles. The normalized spacial score (nSPS) is 20.2. The number of fused-ring (bicyclic) bond motifs is 1. The molecule has 2 aromatic rings. The summed E-state index contributed by atoms with van der Waals surface area (Å²) in [6, 6.07) is 7.96. The van der Waals surface area contributed by atoms with Crippen molar-refractivity contribution in [2.75, 3.05) is 11.4 Å². The quantitative estimate of drug-likeness (QED) is 0.757. The summed E-state index contributed by atoms with van der Waals surface area (Å²) < 4.78 is 0. The van der Waals surface area contributed by atoms with Gasteiger partial charge in [-0.2, -0.15) is 0 Å². The van der Waals surface area contributed by atoms with E-state index in [0.29, 0.717) is 6.42 Å². The lowest BCUT2D eigenvalue weighted by Crippen LogP contribution is -2.24. The highest BCUT2D eigenvalue weighted by atomic mass is 79.9. The van der Waals surface area contributed by atoms with Crippen LogP contribution in [0.15, 0.2) is 36.7 Å². The molecule has 4 heteroatoms. The van der Waals surface area contributed by atoms with E-state index in [-0.39, 0.29) is 10.7 Å². The average Bonchev–Trinajstić information content (AvgIpc) is 2.68. The molecule has 0 radical (unpaired) electrons. The van der Waals surface area contributed by atoms with E-state index >= 15 is 0 Å². The zero-order valence-corrected chi connectivity index (χ0v) is 10.7. The van der Waals surface area contributed by atoms with E-state index in [1.54, 1.807) is 6.20 Å². The first kappa shape index (κ1) is 10.7. The second kappa shape index (κ2) is 4.11. The van der Waals surface area contributed by atoms with Crippen LogP contribution >= 0.6 is 15.9 Å². The highest BCUT2D eigenvalue weighted by Gasteiger charge is 2.29. The molecule has 0 N–H and O–H groups in total.